The molecule has 1 N–H and O–H groups in total. The van der Waals surface area contributed by atoms with E-state index in [1.165, 1.54) is 4.31 Å². The molecule has 3 heterocycles. The number of nitrogens with zero attached hydrogens (tertiary/aromatic N) is 2. The van der Waals surface area contributed by atoms with E-state index in [0.29, 0.717) is 55.4 Å². The highest BCUT2D eigenvalue weighted by Crippen LogP contribution is 2.33. The average Bonchev–Trinajstić information content (AvgIpc) is 3.37. The van der Waals surface area contributed by atoms with Crippen LogP contribution in [0.4, 0.5) is 0 Å². The highest BCUT2D eigenvalue weighted by Gasteiger charge is 2.36. The van der Waals surface area contributed by atoms with Crippen molar-refractivity contribution < 1.29 is 27.2 Å². The van der Waals surface area contributed by atoms with E-state index in [0.717, 1.165) is 5.56 Å². The summed E-state index contributed by atoms with van der Waals surface area (Å²) < 4.78 is 43.1. The Morgan fingerprint density at radius 3 is 2.61 bits per heavy atom. The van der Waals surface area contributed by atoms with Crippen LogP contribution in [0.5, 0.6) is 11.5 Å². The molecule has 1 fully saturated rings. The Bertz CT molecular complexity index is 1050. The molecule has 1 saturated heterocycles. The number of sulfonamides is 1. The van der Waals surface area contributed by atoms with Crippen molar-refractivity contribution in [3.63, 3.8) is 0 Å². The first kappa shape index (κ1) is 21.6. The third kappa shape index (κ3) is 4.27. The second-order valence-corrected chi connectivity index (χ2v) is 9.96. The molecule has 1 aromatic carbocycles. The smallest absolute Gasteiger partial charge is 0.248 e. The van der Waals surface area contributed by atoms with E-state index in [-0.39, 0.29) is 29.4 Å². The summed E-state index contributed by atoms with van der Waals surface area (Å²) in [4.78, 5) is 12.8. The van der Waals surface area contributed by atoms with Gasteiger partial charge in [-0.2, -0.15) is 4.31 Å². The van der Waals surface area contributed by atoms with E-state index in [1.54, 1.807) is 13.8 Å². The van der Waals surface area contributed by atoms with Crippen molar-refractivity contribution >= 4 is 15.9 Å². The van der Waals surface area contributed by atoms with Crippen molar-refractivity contribution in [1.29, 1.82) is 0 Å². The highest BCUT2D eigenvalue weighted by molar-refractivity contribution is 7.89. The van der Waals surface area contributed by atoms with Crippen LogP contribution in [0.15, 0.2) is 27.6 Å². The Morgan fingerprint density at radius 1 is 1.23 bits per heavy atom. The molecule has 2 aromatic rings. The van der Waals surface area contributed by atoms with E-state index in [9.17, 15) is 13.2 Å². The Morgan fingerprint density at radius 2 is 1.94 bits per heavy atom. The van der Waals surface area contributed by atoms with Gasteiger partial charge >= 0.3 is 0 Å². The van der Waals surface area contributed by atoms with Crippen molar-refractivity contribution in [2.75, 3.05) is 19.9 Å². The van der Waals surface area contributed by atoms with E-state index in [2.05, 4.69) is 10.5 Å². The van der Waals surface area contributed by atoms with Crippen LogP contribution >= 0.6 is 0 Å². The van der Waals surface area contributed by atoms with E-state index < -0.39 is 10.0 Å². The minimum absolute atomic E-state index is 0.0373. The number of hydrogen-bond acceptors (Lipinski definition) is 7. The maximum atomic E-state index is 13.0. The molecule has 10 heteroatoms. The van der Waals surface area contributed by atoms with Gasteiger partial charge in [-0.15, -0.1) is 0 Å². The third-order valence-corrected chi connectivity index (χ3v) is 8.23. The van der Waals surface area contributed by atoms with Gasteiger partial charge in [0.05, 0.1) is 0 Å². The molecule has 168 valence electrons. The lowest BCUT2D eigenvalue weighted by atomic mass is 9.85. The van der Waals surface area contributed by atoms with Gasteiger partial charge in [0.25, 0.3) is 0 Å². The van der Waals surface area contributed by atoms with Crippen LogP contribution in [-0.4, -0.2) is 43.7 Å². The molecule has 9 nitrogen and oxygen atoms in total. The van der Waals surface area contributed by atoms with E-state index in [1.807, 2.05) is 25.1 Å². The number of aryl methyl sites for hydroxylation is 2. The number of fused-ring (bicyclic) bond motifs is 1. The standard InChI is InChI=1S/C21H27N3O6S/c1-13(21(25)22-11-16-4-5-18-19(10-16)29-12-28-18)17-6-8-24(9-7-17)31(26,27)20-14(2)23-30-15(20)3/h4-5,10,13,17H,6-9,11-12H2,1-3H3,(H,22,25)/t13-/m0/s1. The maximum absolute atomic E-state index is 13.0. The fraction of sp³-hybridized carbons (Fsp3) is 0.524. The monoisotopic (exact) mass is 449 g/mol. The van der Waals surface area contributed by atoms with Crippen LogP contribution in [0, 0.1) is 25.7 Å². The Balaban J connectivity index is 1.31. The second kappa shape index (κ2) is 8.51. The summed E-state index contributed by atoms with van der Waals surface area (Å²) in [5, 5.41) is 6.74. The molecule has 0 saturated carbocycles. The van der Waals surface area contributed by atoms with Gasteiger partial charge in [-0.3, -0.25) is 4.79 Å². The number of piperidine rings is 1. The lowest BCUT2D eigenvalue weighted by molar-refractivity contribution is -0.126. The van der Waals surface area contributed by atoms with Crippen LogP contribution in [0.25, 0.3) is 0 Å². The van der Waals surface area contributed by atoms with E-state index in [4.69, 9.17) is 14.0 Å². The fourth-order valence-electron chi connectivity index (χ4n) is 4.20. The van der Waals surface area contributed by atoms with Crippen LogP contribution in [0.2, 0.25) is 0 Å². The minimum atomic E-state index is -3.65. The van der Waals surface area contributed by atoms with Crippen LogP contribution in [0.3, 0.4) is 0 Å². The van der Waals surface area contributed by atoms with Gasteiger partial charge in [0.1, 0.15) is 10.6 Å². The second-order valence-electron chi connectivity index (χ2n) is 8.09. The predicted molar refractivity (Wildman–Crippen MR) is 111 cm³/mol. The normalized spacial score (nSPS) is 18.2. The first-order valence-electron chi connectivity index (χ1n) is 10.4. The largest absolute Gasteiger partial charge is 0.454 e. The topological polar surface area (TPSA) is 111 Å². The Labute approximate surface area is 181 Å². The Hall–Kier alpha value is -2.59. The number of ether oxygens (including phenoxy) is 2. The zero-order valence-electron chi connectivity index (χ0n) is 17.9. The summed E-state index contributed by atoms with van der Waals surface area (Å²) in [7, 11) is -3.65. The Kier molecular flexibility index (Phi) is 5.94. The van der Waals surface area contributed by atoms with Crippen molar-refractivity contribution in [1.82, 2.24) is 14.8 Å². The number of rotatable bonds is 6. The summed E-state index contributed by atoms with van der Waals surface area (Å²) in [6.45, 7) is 6.49. The van der Waals surface area contributed by atoms with Gasteiger partial charge in [0.15, 0.2) is 17.3 Å². The molecule has 0 unspecified atom stereocenters. The molecule has 0 aliphatic carbocycles. The van der Waals surface area contributed by atoms with Gasteiger partial charge in [-0.05, 0) is 50.3 Å². The third-order valence-electron chi connectivity index (χ3n) is 6.09. The fourth-order valence-corrected chi connectivity index (χ4v) is 5.96. The van der Waals surface area contributed by atoms with Gasteiger partial charge < -0.3 is 19.3 Å². The number of nitrogens with one attached hydrogen (secondary N) is 1. The summed E-state index contributed by atoms with van der Waals surface area (Å²) in [5.74, 6) is 1.57. The number of benzene rings is 1. The maximum Gasteiger partial charge on any atom is 0.248 e. The molecule has 4 rings (SSSR count). The summed E-state index contributed by atoms with van der Waals surface area (Å²) in [6.07, 6.45) is 1.25. The predicted octanol–water partition coefficient (Wildman–Crippen LogP) is 2.37. The number of amides is 1. The van der Waals surface area contributed by atoms with Gasteiger partial charge in [-0.25, -0.2) is 8.42 Å². The van der Waals surface area contributed by atoms with Crippen molar-refractivity contribution in [2.24, 2.45) is 11.8 Å². The lowest BCUT2D eigenvalue weighted by Crippen LogP contribution is -2.42. The first-order chi connectivity index (χ1) is 14.8. The molecule has 0 spiro atoms. The number of carbonyl (C=O) groups is 1. The van der Waals surface area contributed by atoms with Gasteiger partial charge in [-0.1, -0.05) is 18.1 Å². The number of carbonyl (C=O) groups excluding carboxylic acids is 1. The molecule has 0 radical (unpaired) electrons. The number of aromatic nitrogens is 1. The summed E-state index contributed by atoms with van der Waals surface area (Å²) in [6, 6.07) is 5.60. The average molecular weight is 450 g/mol. The summed E-state index contributed by atoms with van der Waals surface area (Å²) in [5.41, 5.74) is 1.31. The van der Waals surface area contributed by atoms with Crippen molar-refractivity contribution in [3.05, 3.63) is 35.2 Å². The van der Waals surface area contributed by atoms with Gasteiger partial charge in [0, 0.05) is 25.6 Å². The quantitative estimate of drug-likeness (QED) is 0.721. The zero-order valence-corrected chi connectivity index (χ0v) is 18.7. The minimum Gasteiger partial charge on any atom is -0.454 e. The van der Waals surface area contributed by atoms with Crippen LogP contribution in [-0.2, 0) is 21.4 Å². The first-order valence-corrected chi connectivity index (χ1v) is 11.8. The molecule has 1 amide bonds. The lowest BCUT2D eigenvalue weighted by Gasteiger charge is -2.33. The molecule has 31 heavy (non-hydrogen) atoms. The molecular weight excluding hydrogens is 422 g/mol. The molecule has 2 aliphatic rings. The molecule has 1 aromatic heterocycles. The number of hydrogen-bond donors (Lipinski definition) is 1. The summed E-state index contributed by atoms with van der Waals surface area (Å²) >= 11 is 0. The van der Waals surface area contributed by atoms with Crippen molar-refractivity contribution in [3.8, 4) is 11.5 Å². The zero-order chi connectivity index (χ0) is 22.2. The van der Waals surface area contributed by atoms with E-state index >= 15 is 0 Å². The molecule has 0 bridgehead atoms. The molecule has 1 atom stereocenters. The molecule has 2 aliphatic heterocycles. The SMILES string of the molecule is Cc1noc(C)c1S(=O)(=O)N1CCC([C@H](C)C(=O)NCc2ccc3c(c2)OCO3)CC1. The van der Waals surface area contributed by atoms with Gasteiger partial charge in [0.2, 0.25) is 22.7 Å². The molecular formula is C21H27N3O6S. The highest BCUT2D eigenvalue weighted by atomic mass is 32.2. The van der Waals surface area contributed by atoms with Crippen LogP contribution in [0.1, 0.15) is 36.8 Å². The van der Waals surface area contributed by atoms with Crippen LogP contribution < -0.4 is 14.8 Å². The van der Waals surface area contributed by atoms with Crippen molar-refractivity contribution in [2.45, 2.75) is 45.1 Å².